The molecule has 0 spiro atoms. The van der Waals surface area contributed by atoms with Gasteiger partial charge in [-0.25, -0.2) is 9.78 Å². The number of rotatable bonds is 6. The summed E-state index contributed by atoms with van der Waals surface area (Å²) in [6.07, 6.45) is 6.70. The van der Waals surface area contributed by atoms with Crippen LogP contribution in [0.5, 0.6) is 5.75 Å². The molecule has 0 saturated carbocycles. The molecule has 3 heterocycles. The Morgan fingerprint density at radius 2 is 1.94 bits per heavy atom. The van der Waals surface area contributed by atoms with Crippen molar-refractivity contribution in [3.63, 3.8) is 0 Å². The third kappa shape index (κ3) is 6.22. The number of hydrogen-bond donors (Lipinski definition) is 0. The van der Waals surface area contributed by atoms with Crippen LogP contribution >= 0.6 is 23.4 Å². The van der Waals surface area contributed by atoms with Gasteiger partial charge in [-0.1, -0.05) is 0 Å². The van der Waals surface area contributed by atoms with Gasteiger partial charge in [0.05, 0.1) is 12.3 Å². The van der Waals surface area contributed by atoms with E-state index in [1.54, 1.807) is 11.8 Å². The van der Waals surface area contributed by atoms with E-state index in [9.17, 15) is 4.79 Å². The maximum Gasteiger partial charge on any atom is 0.410 e. The molecule has 1 aliphatic rings. The molecule has 0 unspecified atom stereocenters. The van der Waals surface area contributed by atoms with Gasteiger partial charge in [-0.3, -0.25) is 0 Å². The molecule has 1 saturated heterocycles. The van der Waals surface area contributed by atoms with Crippen molar-refractivity contribution in [3.8, 4) is 17.0 Å². The summed E-state index contributed by atoms with van der Waals surface area (Å²) in [5.74, 6) is 1.41. The number of carbonyl (C=O) groups is 1. The molecule has 0 atom stereocenters. The van der Waals surface area contributed by atoms with E-state index in [2.05, 4.69) is 16.0 Å². The molecule has 0 radical (unpaired) electrons. The third-order valence-corrected chi connectivity index (χ3v) is 7.11. The predicted molar refractivity (Wildman–Crippen MR) is 141 cm³/mol. The zero-order valence-corrected chi connectivity index (χ0v) is 22.6. The number of hydrogen-bond acceptors (Lipinski definition) is 6. The molecule has 0 bridgehead atoms. The summed E-state index contributed by atoms with van der Waals surface area (Å²) in [6, 6.07) is 8.15. The Balaban J connectivity index is 1.36. The lowest BCUT2D eigenvalue weighted by molar-refractivity contribution is 0.0177. The van der Waals surface area contributed by atoms with Crippen molar-refractivity contribution >= 4 is 40.5 Å². The highest BCUT2D eigenvalue weighted by molar-refractivity contribution is 7.98. The second-order valence-electron chi connectivity index (χ2n) is 9.92. The van der Waals surface area contributed by atoms with Crippen LogP contribution in [-0.4, -0.2) is 57.1 Å². The quantitative estimate of drug-likeness (QED) is 0.278. The molecule has 7 nitrogen and oxygen atoms in total. The Morgan fingerprint density at radius 1 is 1.20 bits per heavy atom. The fraction of sp³-hybridized carbons (Fsp3) is 0.500. The molecule has 2 aromatic heterocycles. The summed E-state index contributed by atoms with van der Waals surface area (Å²) in [6.45, 7) is 7.81. The van der Waals surface area contributed by atoms with Gasteiger partial charge in [0.1, 0.15) is 17.0 Å². The van der Waals surface area contributed by atoms with Crippen LogP contribution < -0.4 is 4.74 Å². The van der Waals surface area contributed by atoms with Crippen molar-refractivity contribution in [2.45, 2.75) is 50.5 Å². The minimum atomic E-state index is -0.459. The molecule has 3 aromatic rings. The topological polar surface area (TPSA) is 69.5 Å². The largest absolute Gasteiger partial charge is 0.492 e. The Bertz CT molecular complexity index is 1200. The molecule has 1 fully saturated rings. The van der Waals surface area contributed by atoms with E-state index in [1.165, 1.54) is 0 Å². The van der Waals surface area contributed by atoms with E-state index in [4.69, 9.17) is 21.1 Å². The van der Waals surface area contributed by atoms with E-state index < -0.39 is 5.60 Å². The molecular weight excluding hydrogens is 484 g/mol. The summed E-state index contributed by atoms with van der Waals surface area (Å²) in [5, 5.41) is 1.20. The molecule has 35 heavy (non-hydrogen) atoms. The van der Waals surface area contributed by atoms with Crippen LogP contribution in [0.4, 0.5) is 4.79 Å². The van der Waals surface area contributed by atoms with E-state index in [0.29, 0.717) is 12.5 Å². The van der Waals surface area contributed by atoms with Crippen LogP contribution in [0.2, 0.25) is 5.28 Å². The zero-order chi connectivity index (χ0) is 25.2. The maximum absolute atomic E-state index is 12.3. The SMILES string of the molecule is CSc1cc(-c2nc(Cl)nc3c2ccn3C)ccc1OCCC1CCN(C(=O)OC(C)(C)C)CC1. The number of aromatic nitrogens is 3. The monoisotopic (exact) mass is 516 g/mol. The summed E-state index contributed by atoms with van der Waals surface area (Å²) in [7, 11) is 1.95. The average molecular weight is 517 g/mol. The number of piperidine rings is 1. The zero-order valence-electron chi connectivity index (χ0n) is 21.0. The second kappa shape index (κ2) is 10.7. The van der Waals surface area contributed by atoms with E-state index >= 15 is 0 Å². The first kappa shape index (κ1) is 25.6. The number of fused-ring (bicyclic) bond motifs is 1. The minimum absolute atomic E-state index is 0.213. The van der Waals surface area contributed by atoms with Crippen molar-refractivity contribution in [1.29, 1.82) is 0 Å². The Labute approximate surface area is 216 Å². The molecule has 0 N–H and O–H groups in total. The van der Waals surface area contributed by atoms with Crippen LogP contribution in [0.25, 0.3) is 22.3 Å². The summed E-state index contributed by atoms with van der Waals surface area (Å²) < 4.78 is 13.6. The maximum atomic E-state index is 12.3. The highest BCUT2D eigenvalue weighted by Crippen LogP contribution is 2.35. The Kier molecular flexibility index (Phi) is 7.81. The molecule has 9 heteroatoms. The minimum Gasteiger partial charge on any atom is -0.492 e. The number of likely N-dealkylation sites (tertiary alicyclic amines) is 1. The van der Waals surface area contributed by atoms with Crippen LogP contribution in [0.3, 0.4) is 0 Å². The van der Waals surface area contributed by atoms with Crippen molar-refractivity contribution in [3.05, 3.63) is 35.7 Å². The summed E-state index contributed by atoms with van der Waals surface area (Å²) >= 11 is 7.86. The summed E-state index contributed by atoms with van der Waals surface area (Å²) in [4.78, 5) is 24.0. The van der Waals surface area contributed by atoms with Gasteiger partial charge in [-0.2, -0.15) is 4.98 Å². The first-order valence-corrected chi connectivity index (χ1v) is 13.5. The van der Waals surface area contributed by atoms with Gasteiger partial charge < -0.3 is 18.9 Å². The second-order valence-corrected chi connectivity index (χ2v) is 11.1. The van der Waals surface area contributed by atoms with Crippen LogP contribution in [0.15, 0.2) is 35.4 Å². The van der Waals surface area contributed by atoms with Crippen molar-refractivity contribution < 1.29 is 14.3 Å². The number of nitrogens with zero attached hydrogens (tertiary/aromatic N) is 4. The fourth-order valence-corrected chi connectivity index (χ4v) is 5.07. The van der Waals surface area contributed by atoms with Gasteiger partial charge in [-0.05, 0) is 88.1 Å². The van der Waals surface area contributed by atoms with Crippen LogP contribution in [0, 0.1) is 5.92 Å². The Morgan fingerprint density at radius 3 is 2.63 bits per heavy atom. The lowest BCUT2D eigenvalue weighted by atomic mass is 9.94. The van der Waals surface area contributed by atoms with Gasteiger partial charge >= 0.3 is 6.09 Å². The van der Waals surface area contributed by atoms with Crippen LogP contribution in [-0.2, 0) is 11.8 Å². The molecule has 4 rings (SSSR count). The van der Waals surface area contributed by atoms with Crippen molar-refractivity contribution in [2.75, 3.05) is 26.0 Å². The predicted octanol–water partition coefficient (Wildman–Crippen LogP) is 6.43. The lowest BCUT2D eigenvalue weighted by Gasteiger charge is -2.33. The molecule has 1 amide bonds. The molecule has 1 aliphatic heterocycles. The highest BCUT2D eigenvalue weighted by atomic mass is 35.5. The number of carbonyl (C=O) groups excluding carboxylic acids is 1. The molecule has 1 aromatic carbocycles. The van der Waals surface area contributed by atoms with Gasteiger partial charge in [0.2, 0.25) is 5.28 Å². The van der Waals surface area contributed by atoms with E-state index in [1.807, 2.05) is 67.9 Å². The van der Waals surface area contributed by atoms with Crippen LogP contribution in [0.1, 0.15) is 40.0 Å². The fourth-order valence-electron chi connectivity index (χ4n) is 4.33. The Hall–Kier alpha value is -2.45. The van der Waals surface area contributed by atoms with Crippen molar-refractivity contribution in [2.24, 2.45) is 13.0 Å². The van der Waals surface area contributed by atoms with Gasteiger partial charge in [0.25, 0.3) is 0 Å². The van der Waals surface area contributed by atoms with Gasteiger partial charge in [0, 0.05) is 42.2 Å². The smallest absolute Gasteiger partial charge is 0.410 e. The highest BCUT2D eigenvalue weighted by Gasteiger charge is 2.26. The number of benzene rings is 1. The average Bonchev–Trinajstić information content (AvgIpc) is 3.18. The van der Waals surface area contributed by atoms with E-state index in [0.717, 1.165) is 65.3 Å². The lowest BCUT2D eigenvalue weighted by Crippen LogP contribution is -2.41. The third-order valence-electron chi connectivity index (χ3n) is 6.18. The number of aryl methyl sites for hydroxylation is 1. The first-order valence-electron chi connectivity index (χ1n) is 11.9. The normalized spacial score (nSPS) is 15.0. The van der Waals surface area contributed by atoms with Gasteiger partial charge in [-0.15, -0.1) is 11.8 Å². The first-order chi connectivity index (χ1) is 16.6. The number of ether oxygens (including phenoxy) is 2. The van der Waals surface area contributed by atoms with Gasteiger partial charge in [0.15, 0.2) is 0 Å². The molecule has 188 valence electrons. The van der Waals surface area contributed by atoms with Crippen molar-refractivity contribution in [1.82, 2.24) is 19.4 Å². The van der Waals surface area contributed by atoms with E-state index in [-0.39, 0.29) is 11.4 Å². The molecular formula is C26H33ClN4O3S. The number of amides is 1. The molecule has 0 aliphatic carbocycles. The standard InChI is InChI=1S/C26H33ClN4O3S/c1-26(2,3)34-25(32)31-13-8-17(9-14-31)11-15-33-20-7-6-18(16-21(20)35-5)22-19-10-12-30(4)23(19)29-24(27)28-22/h6-7,10,12,16-17H,8-9,11,13-15H2,1-5H3. The number of halogens is 1. The number of thioether (sulfide) groups is 1. The summed E-state index contributed by atoms with van der Waals surface area (Å²) in [5.41, 5.74) is 2.15.